The minimum absolute atomic E-state index is 0.000722. The lowest BCUT2D eigenvalue weighted by Gasteiger charge is -2.60. The Hall–Kier alpha value is -1.73. The van der Waals surface area contributed by atoms with Crippen molar-refractivity contribution in [2.24, 2.45) is 34.5 Å². The first-order chi connectivity index (χ1) is 17.5. The van der Waals surface area contributed by atoms with Gasteiger partial charge in [-0.05, 0) is 106 Å². The highest BCUT2D eigenvalue weighted by Crippen LogP contribution is 2.68. The van der Waals surface area contributed by atoms with Crippen LogP contribution in [-0.2, 0) is 23.9 Å². The van der Waals surface area contributed by atoms with Gasteiger partial charge < -0.3 is 19.7 Å². The summed E-state index contributed by atoms with van der Waals surface area (Å²) < 4.78 is 11.3. The Labute approximate surface area is 227 Å². The Bertz CT molecular complexity index is 995. The molecule has 0 aromatic heterocycles. The van der Waals surface area contributed by atoms with Gasteiger partial charge in [0.05, 0.1) is 11.2 Å². The fraction of sp³-hybridized carbons (Fsp3) is 0.839. The SMILES string of the molecule is CC(=O)O[C@H]1CC[C@@]2(C)[C@@H](C1)C(=O)C=C1[C@@H]2CC[C@]2(C)[C@@H]([C@H](C)[C@@H](CCC(C)(C)O)OC(C)=O)CC[C@@]12O. The second-order valence-electron chi connectivity index (χ2n) is 13.9. The van der Waals surface area contributed by atoms with Gasteiger partial charge >= 0.3 is 11.9 Å². The minimum Gasteiger partial charge on any atom is -0.463 e. The number of ketones is 1. The first-order valence-corrected chi connectivity index (χ1v) is 14.6. The highest BCUT2D eigenvalue weighted by atomic mass is 16.5. The van der Waals surface area contributed by atoms with Crippen LogP contribution in [0.15, 0.2) is 11.6 Å². The van der Waals surface area contributed by atoms with E-state index in [1.165, 1.54) is 13.8 Å². The van der Waals surface area contributed by atoms with E-state index in [1.54, 1.807) is 19.9 Å². The monoisotopic (exact) mass is 532 g/mol. The van der Waals surface area contributed by atoms with E-state index in [0.717, 1.165) is 37.7 Å². The van der Waals surface area contributed by atoms with Crippen LogP contribution in [0.1, 0.15) is 106 Å². The zero-order chi connectivity index (χ0) is 28.3. The summed E-state index contributed by atoms with van der Waals surface area (Å²) in [5.41, 5.74) is -1.74. The number of esters is 2. The van der Waals surface area contributed by atoms with Gasteiger partial charge in [-0.15, -0.1) is 0 Å². The van der Waals surface area contributed by atoms with Gasteiger partial charge in [0.2, 0.25) is 0 Å². The lowest BCUT2D eigenvalue weighted by molar-refractivity contribution is -0.160. The molecular formula is C31H48O7. The van der Waals surface area contributed by atoms with E-state index in [2.05, 4.69) is 20.8 Å². The normalized spacial score (nSPS) is 40.2. The number of carbonyl (C=O) groups is 3. The molecule has 0 heterocycles. The molecule has 9 atom stereocenters. The number of hydrogen-bond donors (Lipinski definition) is 2. The van der Waals surface area contributed by atoms with Gasteiger partial charge in [-0.2, -0.15) is 0 Å². The molecule has 4 aliphatic carbocycles. The van der Waals surface area contributed by atoms with Crippen molar-refractivity contribution in [2.45, 2.75) is 130 Å². The number of hydrogen-bond acceptors (Lipinski definition) is 7. The predicted octanol–water partition coefficient (Wildman–Crippen LogP) is 4.91. The minimum atomic E-state index is -1.08. The van der Waals surface area contributed by atoms with E-state index in [9.17, 15) is 24.6 Å². The lowest BCUT2D eigenvalue weighted by Crippen LogP contribution is -2.59. The highest BCUT2D eigenvalue weighted by Gasteiger charge is 2.66. The number of fused-ring (bicyclic) bond motifs is 5. The lowest BCUT2D eigenvalue weighted by atomic mass is 9.46. The molecule has 0 radical (unpaired) electrons. The second-order valence-corrected chi connectivity index (χ2v) is 13.9. The van der Waals surface area contributed by atoms with Crippen LogP contribution in [0.2, 0.25) is 0 Å². The third-order valence-electron chi connectivity index (χ3n) is 11.0. The molecular weight excluding hydrogens is 484 g/mol. The van der Waals surface area contributed by atoms with Gasteiger partial charge in [-0.3, -0.25) is 14.4 Å². The number of rotatable bonds is 7. The molecule has 0 amide bonds. The van der Waals surface area contributed by atoms with Crippen LogP contribution in [0.3, 0.4) is 0 Å². The molecule has 0 saturated heterocycles. The summed E-state index contributed by atoms with van der Waals surface area (Å²) in [6.45, 7) is 12.8. The summed E-state index contributed by atoms with van der Waals surface area (Å²) in [5.74, 6) is -0.554. The zero-order valence-electron chi connectivity index (χ0n) is 24.3. The van der Waals surface area contributed by atoms with Gasteiger partial charge in [0.1, 0.15) is 12.2 Å². The molecule has 4 rings (SSSR count). The Balaban J connectivity index is 1.61. The van der Waals surface area contributed by atoms with E-state index in [0.29, 0.717) is 25.7 Å². The number of allylic oxidation sites excluding steroid dienone is 1. The van der Waals surface area contributed by atoms with E-state index in [-0.39, 0.29) is 59.0 Å². The fourth-order valence-electron chi connectivity index (χ4n) is 8.92. The van der Waals surface area contributed by atoms with Crippen molar-refractivity contribution >= 4 is 17.7 Å². The summed E-state index contributed by atoms with van der Waals surface area (Å²) in [6, 6.07) is 0. The largest absolute Gasteiger partial charge is 0.463 e. The first-order valence-electron chi connectivity index (χ1n) is 14.6. The van der Waals surface area contributed by atoms with Crippen LogP contribution >= 0.6 is 0 Å². The third kappa shape index (κ3) is 4.98. The average Bonchev–Trinajstić information content (AvgIpc) is 3.07. The molecule has 0 aromatic carbocycles. The summed E-state index contributed by atoms with van der Waals surface area (Å²) in [4.78, 5) is 37.1. The van der Waals surface area contributed by atoms with Crippen LogP contribution in [0.5, 0.6) is 0 Å². The standard InChI is InChI=1S/C31H48O7/c1-18(27(38-20(3)33)11-12-28(4,5)35)22-10-15-31(36)24-17-26(34)25-16-21(37-19(2)32)8-13-29(25,6)23(24)9-14-30(22,31)7/h17-18,21-23,25,27,35-36H,8-16H2,1-7H3/t18-,21-,22+,23-,25-,27+,29+,30+,31+/m0/s1. The first kappa shape index (κ1) is 29.3. The molecule has 3 saturated carbocycles. The topological polar surface area (TPSA) is 110 Å². The molecule has 7 heteroatoms. The molecule has 0 bridgehead atoms. The Morgan fingerprint density at radius 2 is 1.76 bits per heavy atom. The average molecular weight is 533 g/mol. The summed E-state index contributed by atoms with van der Waals surface area (Å²) in [5, 5.41) is 22.8. The highest BCUT2D eigenvalue weighted by molar-refractivity contribution is 5.95. The second kappa shape index (κ2) is 10.0. The van der Waals surface area contributed by atoms with E-state index < -0.39 is 16.6 Å². The molecule has 38 heavy (non-hydrogen) atoms. The van der Waals surface area contributed by atoms with Crippen molar-refractivity contribution in [1.82, 2.24) is 0 Å². The molecule has 7 nitrogen and oxygen atoms in total. The van der Waals surface area contributed by atoms with Crippen LogP contribution in [0.4, 0.5) is 0 Å². The van der Waals surface area contributed by atoms with E-state index in [4.69, 9.17) is 9.47 Å². The molecule has 0 unspecified atom stereocenters. The van der Waals surface area contributed by atoms with E-state index in [1.807, 2.05) is 0 Å². The van der Waals surface area contributed by atoms with Gasteiger partial charge in [0.15, 0.2) is 5.78 Å². The van der Waals surface area contributed by atoms with Crippen molar-refractivity contribution in [1.29, 1.82) is 0 Å². The maximum Gasteiger partial charge on any atom is 0.302 e. The molecule has 0 aromatic rings. The quantitative estimate of drug-likeness (QED) is 0.448. The molecule has 2 N–H and O–H groups in total. The van der Waals surface area contributed by atoms with Crippen LogP contribution in [0, 0.1) is 34.5 Å². The molecule has 4 aliphatic rings. The number of carbonyl (C=O) groups excluding carboxylic acids is 3. The summed E-state index contributed by atoms with van der Waals surface area (Å²) in [6.07, 6.45) is 7.45. The van der Waals surface area contributed by atoms with Crippen molar-refractivity contribution in [3.05, 3.63) is 11.6 Å². The maximum atomic E-state index is 13.6. The Morgan fingerprint density at radius 1 is 1.08 bits per heavy atom. The molecule has 0 aliphatic heterocycles. The number of ether oxygens (including phenoxy) is 2. The van der Waals surface area contributed by atoms with Crippen LogP contribution < -0.4 is 0 Å². The van der Waals surface area contributed by atoms with E-state index >= 15 is 0 Å². The zero-order valence-corrected chi connectivity index (χ0v) is 24.3. The Kier molecular flexibility index (Phi) is 7.72. The fourth-order valence-corrected chi connectivity index (χ4v) is 8.92. The van der Waals surface area contributed by atoms with Crippen molar-refractivity contribution in [3.8, 4) is 0 Å². The van der Waals surface area contributed by atoms with Gasteiger partial charge in [-0.1, -0.05) is 20.8 Å². The maximum absolute atomic E-state index is 13.6. The smallest absolute Gasteiger partial charge is 0.302 e. The van der Waals surface area contributed by atoms with Gasteiger partial charge in [0, 0.05) is 25.2 Å². The van der Waals surface area contributed by atoms with Gasteiger partial charge in [0.25, 0.3) is 0 Å². The van der Waals surface area contributed by atoms with Crippen molar-refractivity contribution < 1.29 is 34.1 Å². The van der Waals surface area contributed by atoms with Crippen LogP contribution in [0.25, 0.3) is 0 Å². The van der Waals surface area contributed by atoms with Crippen molar-refractivity contribution in [3.63, 3.8) is 0 Å². The summed E-state index contributed by atoms with van der Waals surface area (Å²) >= 11 is 0. The Morgan fingerprint density at radius 3 is 2.37 bits per heavy atom. The van der Waals surface area contributed by atoms with Crippen molar-refractivity contribution in [2.75, 3.05) is 0 Å². The number of aliphatic hydroxyl groups is 2. The van der Waals surface area contributed by atoms with Crippen LogP contribution in [-0.4, -0.2) is 51.3 Å². The summed E-state index contributed by atoms with van der Waals surface area (Å²) in [7, 11) is 0. The molecule has 3 fully saturated rings. The van der Waals surface area contributed by atoms with Gasteiger partial charge in [-0.25, -0.2) is 0 Å². The third-order valence-corrected chi connectivity index (χ3v) is 11.0. The molecule has 214 valence electrons. The predicted molar refractivity (Wildman–Crippen MR) is 143 cm³/mol. The molecule has 0 spiro atoms.